The smallest absolute Gasteiger partial charge is 0.315 e. The van der Waals surface area contributed by atoms with Crippen LogP contribution in [0.4, 0.5) is 4.79 Å². The fourth-order valence-electron chi connectivity index (χ4n) is 3.14. The molecule has 5 heteroatoms. The number of likely N-dealkylation sites (N-methyl/N-ethyl adjacent to an activating group) is 1. The van der Waals surface area contributed by atoms with Gasteiger partial charge in [-0.1, -0.05) is 49.4 Å². The molecule has 2 rings (SSSR count). The van der Waals surface area contributed by atoms with Crippen LogP contribution in [0.1, 0.15) is 30.5 Å². The number of urea groups is 1. The van der Waals surface area contributed by atoms with Crippen LogP contribution in [0.5, 0.6) is 5.75 Å². The molecule has 0 unspecified atom stereocenters. The summed E-state index contributed by atoms with van der Waals surface area (Å²) in [5.41, 5.74) is 2.28. The second kappa shape index (κ2) is 10.6. The van der Waals surface area contributed by atoms with Crippen molar-refractivity contribution in [3.63, 3.8) is 0 Å². The van der Waals surface area contributed by atoms with Crippen molar-refractivity contribution in [1.82, 2.24) is 15.5 Å². The number of nitrogens with one attached hydrogen (secondary N) is 2. The first-order valence-electron chi connectivity index (χ1n) is 9.41. The number of methoxy groups -OCH3 is 1. The lowest BCUT2D eigenvalue weighted by Gasteiger charge is -2.25. The molecule has 0 saturated carbocycles. The van der Waals surface area contributed by atoms with Gasteiger partial charge in [-0.25, -0.2) is 4.79 Å². The summed E-state index contributed by atoms with van der Waals surface area (Å²) in [6, 6.07) is 17.9. The van der Waals surface area contributed by atoms with Gasteiger partial charge < -0.3 is 20.3 Å². The molecular formula is C22H31N3O2. The Morgan fingerprint density at radius 2 is 1.70 bits per heavy atom. The molecule has 2 amide bonds. The topological polar surface area (TPSA) is 53.6 Å². The van der Waals surface area contributed by atoms with Crippen LogP contribution in [0.2, 0.25) is 0 Å². The van der Waals surface area contributed by atoms with Crippen molar-refractivity contribution in [1.29, 1.82) is 0 Å². The first-order chi connectivity index (χ1) is 13.0. The maximum Gasteiger partial charge on any atom is 0.315 e. The van der Waals surface area contributed by atoms with Crippen LogP contribution < -0.4 is 15.4 Å². The van der Waals surface area contributed by atoms with Crippen LogP contribution in [-0.2, 0) is 6.42 Å². The number of benzene rings is 2. The van der Waals surface area contributed by atoms with Crippen molar-refractivity contribution in [2.45, 2.75) is 31.8 Å². The van der Waals surface area contributed by atoms with Crippen molar-refractivity contribution < 1.29 is 9.53 Å². The summed E-state index contributed by atoms with van der Waals surface area (Å²) in [5.74, 6) is 0.812. The van der Waals surface area contributed by atoms with Crippen LogP contribution in [0, 0.1) is 0 Å². The quantitative estimate of drug-likeness (QED) is 0.710. The van der Waals surface area contributed by atoms with E-state index in [9.17, 15) is 4.79 Å². The maximum atomic E-state index is 12.6. The zero-order chi connectivity index (χ0) is 19.6. The molecule has 0 fully saturated rings. The van der Waals surface area contributed by atoms with E-state index in [1.165, 1.54) is 5.56 Å². The molecule has 2 N–H and O–H groups in total. The Bertz CT molecular complexity index is 686. The number of hydrogen-bond acceptors (Lipinski definition) is 3. The summed E-state index contributed by atoms with van der Waals surface area (Å²) in [6.07, 6.45) is 1.61. The van der Waals surface area contributed by atoms with E-state index in [1.54, 1.807) is 7.11 Å². The summed E-state index contributed by atoms with van der Waals surface area (Å²) >= 11 is 0. The molecule has 2 aromatic carbocycles. The molecule has 0 aliphatic carbocycles. The van der Waals surface area contributed by atoms with Gasteiger partial charge in [-0.05, 0) is 50.2 Å². The number of carbonyl (C=O) groups excluding carboxylic acids is 1. The van der Waals surface area contributed by atoms with Gasteiger partial charge >= 0.3 is 6.03 Å². The van der Waals surface area contributed by atoms with E-state index in [0.717, 1.165) is 30.7 Å². The second-order valence-corrected chi connectivity index (χ2v) is 7.00. The van der Waals surface area contributed by atoms with Crippen molar-refractivity contribution in [3.8, 4) is 5.75 Å². The molecule has 0 radical (unpaired) electrons. The lowest BCUT2D eigenvalue weighted by atomic mass is 10.0. The third kappa shape index (κ3) is 6.94. The molecule has 0 aliphatic heterocycles. The van der Waals surface area contributed by atoms with E-state index in [4.69, 9.17) is 4.74 Å². The minimum atomic E-state index is -0.138. The lowest BCUT2D eigenvalue weighted by molar-refractivity contribution is 0.228. The molecule has 0 aliphatic rings. The minimum absolute atomic E-state index is 0.0346. The molecule has 0 aromatic heterocycles. The van der Waals surface area contributed by atoms with Crippen LogP contribution >= 0.6 is 0 Å². The Morgan fingerprint density at radius 3 is 2.26 bits per heavy atom. The molecule has 0 bridgehead atoms. The normalized spacial score (nSPS) is 13.1. The molecule has 0 heterocycles. The van der Waals surface area contributed by atoms with Gasteiger partial charge in [0.2, 0.25) is 0 Å². The third-order valence-electron chi connectivity index (χ3n) is 4.48. The van der Waals surface area contributed by atoms with Crippen molar-refractivity contribution >= 4 is 6.03 Å². The zero-order valence-corrected chi connectivity index (χ0v) is 16.7. The monoisotopic (exact) mass is 369 g/mol. The number of ether oxygens (including phenoxy) is 1. The predicted molar refractivity (Wildman–Crippen MR) is 110 cm³/mol. The highest BCUT2D eigenvalue weighted by Gasteiger charge is 2.17. The SMILES string of the molecule is CC[C@@H](NC(=O)N[C@@H](Cc1ccccc1)CN(C)C)c1ccc(OC)cc1. The van der Waals surface area contributed by atoms with E-state index in [0.29, 0.717) is 0 Å². The Labute approximate surface area is 162 Å². The van der Waals surface area contributed by atoms with Crippen molar-refractivity contribution in [2.75, 3.05) is 27.7 Å². The van der Waals surface area contributed by atoms with Crippen molar-refractivity contribution in [2.24, 2.45) is 0 Å². The first-order valence-corrected chi connectivity index (χ1v) is 9.41. The fraction of sp³-hybridized carbons (Fsp3) is 0.409. The fourth-order valence-corrected chi connectivity index (χ4v) is 3.14. The summed E-state index contributed by atoms with van der Waals surface area (Å²) in [6.45, 7) is 2.85. The van der Waals surface area contributed by atoms with Gasteiger partial charge in [0, 0.05) is 12.6 Å². The molecule has 0 spiro atoms. The zero-order valence-electron chi connectivity index (χ0n) is 16.7. The van der Waals surface area contributed by atoms with Gasteiger partial charge in [0.05, 0.1) is 13.2 Å². The van der Waals surface area contributed by atoms with Gasteiger partial charge in [-0.3, -0.25) is 0 Å². The lowest BCUT2D eigenvalue weighted by Crippen LogP contribution is -2.48. The molecule has 27 heavy (non-hydrogen) atoms. The van der Waals surface area contributed by atoms with E-state index < -0.39 is 0 Å². The van der Waals surface area contributed by atoms with Crippen LogP contribution in [0.3, 0.4) is 0 Å². The number of carbonyl (C=O) groups is 1. The molecular weight excluding hydrogens is 338 g/mol. The molecule has 0 saturated heterocycles. The van der Waals surface area contributed by atoms with Crippen LogP contribution in [0.15, 0.2) is 54.6 Å². The summed E-state index contributed by atoms with van der Waals surface area (Å²) in [5, 5.41) is 6.24. The molecule has 5 nitrogen and oxygen atoms in total. The van der Waals surface area contributed by atoms with E-state index in [1.807, 2.05) is 56.6 Å². The highest BCUT2D eigenvalue weighted by Crippen LogP contribution is 2.20. The predicted octanol–water partition coefficient (Wildman–Crippen LogP) is 3.62. The largest absolute Gasteiger partial charge is 0.497 e. The third-order valence-corrected chi connectivity index (χ3v) is 4.48. The first kappa shape index (κ1) is 20.8. The van der Waals surface area contributed by atoms with Crippen molar-refractivity contribution in [3.05, 3.63) is 65.7 Å². The number of hydrogen-bond donors (Lipinski definition) is 2. The highest BCUT2D eigenvalue weighted by atomic mass is 16.5. The average molecular weight is 370 g/mol. The Morgan fingerprint density at radius 1 is 1.04 bits per heavy atom. The summed E-state index contributed by atoms with van der Waals surface area (Å²) in [4.78, 5) is 14.7. The highest BCUT2D eigenvalue weighted by molar-refractivity contribution is 5.74. The second-order valence-electron chi connectivity index (χ2n) is 7.00. The van der Waals surface area contributed by atoms with E-state index in [-0.39, 0.29) is 18.1 Å². The Balaban J connectivity index is 1.99. The van der Waals surface area contributed by atoms with Gasteiger partial charge in [-0.2, -0.15) is 0 Å². The standard InChI is InChI=1S/C22H31N3O2/c1-5-21(18-11-13-20(27-4)14-12-18)24-22(26)23-19(16-25(2)3)15-17-9-7-6-8-10-17/h6-14,19,21H,5,15-16H2,1-4H3,(H2,23,24,26)/t19-,21+/m0/s1. The Kier molecular flexibility index (Phi) is 8.14. The van der Waals surface area contributed by atoms with Crippen LogP contribution in [-0.4, -0.2) is 44.7 Å². The molecule has 2 aromatic rings. The van der Waals surface area contributed by atoms with Gasteiger partial charge in [0.25, 0.3) is 0 Å². The molecule has 2 atom stereocenters. The molecule has 146 valence electrons. The number of rotatable bonds is 9. The average Bonchev–Trinajstić information content (AvgIpc) is 2.66. The van der Waals surface area contributed by atoms with Gasteiger partial charge in [-0.15, -0.1) is 0 Å². The van der Waals surface area contributed by atoms with E-state index >= 15 is 0 Å². The van der Waals surface area contributed by atoms with Crippen LogP contribution in [0.25, 0.3) is 0 Å². The van der Waals surface area contributed by atoms with E-state index in [2.05, 4.69) is 34.6 Å². The summed E-state index contributed by atoms with van der Waals surface area (Å²) < 4.78 is 5.21. The summed E-state index contributed by atoms with van der Waals surface area (Å²) in [7, 11) is 5.68. The maximum absolute atomic E-state index is 12.6. The van der Waals surface area contributed by atoms with Gasteiger partial charge in [0.1, 0.15) is 5.75 Å². The number of amides is 2. The van der Waals surface area contributed by atoms with Gasteiger partial charge in [0.15, 0.2) is 0 Å². The minimum Gasteiger partial charge on any atom is -0.497 e. The Hall–Kier alpha value is -2.53. The number of nitrogens with zero attached hydrogens (tertiary/aromatic N) is 1.